The molecule has 0 aliphatic carbocycles. The van der Waals surface area contributed by atoms with Gasteiger partial charge in [-0.1, -0.05) is 11.7 Å². The lowest BCUT2D eigenvalue weighted by Gasteiger charge is -2.14. The van der Waals surface area contributed by atoms with E-state index in [1.165, 1.54) is 14.0 Å². The molecule has 2 N–H and O–H groups in total. The van der Waals surface area contributed by atoms with Gasteiger partial charge in [0.15, 0.2) is 0 Å². The van der Waals surface area contributed by atoms with Gasteiger partial charge in [0.05, 0.1) is 7.11 Å². The minimum absolute atomic E-state index is 0.149. The number of aromatic nitrogens is 2. The summed E-state index contributed by atoms with van der Waals surface area (Å²) >= 11 is 0. The average molecular weight is 376 g/mol. The molecule has 0 bridgehead atoms. The molecule has 1 atom stereocenters. The molecule has 2 aromatic heterocycles. The molecule has 2 rings (SSSR count). The zero-order valence-corrected chi connectivity index (χ0v) is 16.3. The lowest BCUT2D eigenvalue weighted by Crippen LogP contribution is -2.38. The first-order valence-corrected chi connectivity index (χ1v) is 8.67. The van der Waals surface area contributed by atoms with Crippen molar-refractivity contribution >= 4 is 17.8 Å². The number of nitrogens with one attached hydrogen (secondary N) is 1. The third-order valence-corrected chi connectivity index (χ3v) is 4.31. The number of methoxy groups -OCH3 is 1. The van der Waals surface area contributed by atoms with E-state index in [0.29, 0.717) is 17.9 Å². The molecule has 0 aliphatic rings. The van der Waals surface area contributed by atoms with Crippen molar-refractivity contribution in [2.45, 2.75) is 33.2 Å². The Balaban J connectivity index is 2.35. The van der Waals surface area contributed by atoms with E-state index in [1.807, 2.05) is 20.0 Å². The van der Waals surface area contributed by atoms with Gasteiger partial charge in [0.1, 0.15) is 24.5 Å². The van der Waals surface area contributed by atoms with E-state index in [0.717, 1.165) is 21.4 Å². The Morgan fingerprint density at radius 2 is 2.07 bits per heavy atom. The summed E-state index contributed by atoms with van der Waals surface area (Å²) in [6, 6.07) is 3.39. The van der Waals surface area contributed by atoms with Gasteiger partial charge in [-0.05, 0) is 25.0 Å². The first-order chi connectivity index (χ1) is 12.8. The molecule has 146 valence electrons. The normalized spacial score (nSPS) is 11.7. The van der Waals surface area contributed by atoms with Crippen LogP contribution in [0.2, 0.25) is 0 Å². The first-order valence-electron chi connectivity index (χ1n) is 8.67. The van der Waals surface area contributed by atoms with Crippen LogP contribution in [-0.2, 0) is 21.3 Å². The number of anilines is 1. The van der Waals surface area contributed by atoms with Gasteiger partial charge in [0, 0.05) is 37.4 Å². The number of carbonyl (C=O) groups excluding carboxylic acids is 2. The highest BCUT2D eigenvalue weighted by Crippen LogP contribution is 2.27. The van der Waals surface area contributed by atoms with E-state index >= 15 is 0 Å². The second-order valence-electron chi connectivity index (χ2n) is 6.37. The highest BCUT2D eigenvalue weighted by Gasteiger charge is 2.21. The molecular weight excluding hydrogens is 350 g/mol. The van der Waals surface area contributed by atoms with E-state index in [2.05, 4.69) is 5.32 Å². The van der Waals surface area contributed by atoms with Crippen molar-refractivity contribution in [3.63, 3.8) is 0 Å². The summed E-state index contributed by atoms with van der Waals surface area (Å²) in [5, 5.41) is 13.4. The van der Waals surface area contributed by atoms with Crippen molar-refractivity contribution in [2.24, 2.45) is 7.05 Å². The van der Waals surface area contributed by atoms with Crippen molar-refractivity contribution in [1.29, 1.82) is 0 Å². The minimum atomic E-state index is -0.416. The van der Waals surface area contributed by atoms with Gasteiger partial charge in [-0.2, -0.15) is 0 Å². The number of carbonyl (C=O) groups is 2. The molecule has 0 saturated carbocycles. The zero-order valence-electron chi connectivity index (χ0n) is 16.3. The average Bonchev–Trinajstić information content (AvgIpc) is 3.00. The van der Waals surface area contributed by atoms with Crippen LogP contribution in [0.15, 0.2) is 24.5 Å². The van der Waals surface area contributed by atoms with Gasteiger partial charge < -0.3 is 19.2 Å². The third kappa shape index (κ3) is 4.78. The molecule has 0 radical (unpaired) electrons. The van der Waals surface area contributed by atoms with Gasteiger partial charge in [-0.15, -0.1) is 0 Å². The summed E-state index contributed by atoms with van der Waals surface area (Å²) in [5.74, 6) is -0.310. The molecule has 0 aliphatic heterocycles. The molecule has 2 aromatic rings. The Morgan fingerprint density at radius 1 is 1.37 bits per heavy atom. The van der Waals surface area contributed by atoms with E-state index in [4.69, 9.17) is 9.47 Å². The molecule has 8 heteroatoms. The predicted octanol–water partition coefficient (Wildman–Crippen LogP) is 2.07. The van der Waals surface area contributed by atoms with Crippen LogP contribution in [0.3, 0.4) is 0 Å². The Morgan fingerprint density at radius 3 is 2.67 bits per heavy atom. The van der Waals surface area contributed by atoms with E-state index in [9.17, 15) is 14.8 Å². The molecule has 27 heavy (non-hydrogen) atoms. The molecule has 8 nitrogen and oxygen atoms in total. The molecule has 0 amide bonds. The largest absolute Gasteiger partial charge is 0.464 e. The molecular formula is C19H26N3O5+. The topological polar surface area (TPSA) is 93.7 Å². The van der Waals surface area contributed by atoms with E-state index < -0.39 is 5.97 Å². The van der Waals surface area contributed by atoms with Crippen LogP contribution in [-0.4, -0.2) is 41.5 Å². The van der Waals surface area contributed by atoms with Crippen molar-refractivity contribution in [3.05, 3.63) is 35.8 Å². The van der Waals surface area contributed by atoms with Gasteiger partial charge in [0.25, 0.3) is 0 Å². The fourth-order valence-electron chi connectivity index (χ4n) is 2.77. The highest BCUT2D eigenvalue weighted by atomic mass is 16.5. The Kier molecular flexibility index (Phi) is 6.44. The quantitative estimate of drug-likeness (QED) is 0.436. The number of ether oxygens (including phenoxy) is 2. The van der Waals surface area contributed by atoms with Gasteiger partial charge >= 0.3 is 17.8 Å². The number of rotatable bonds is 7. The first kappa shape index (κ1) is 20.3. The zero-order chi connectivity index (χ0) is 20.1. The maximum atomic E-state index is 11.9. The summed E-state index contributed by atoms with van der Waals surface area (Å²) in [5.41, 5.74) is 2.95. The van der Waals surface area contributed by atoms with Crippen LogP contribution in [0.5, 0.6) is 0 Å². The van der Waals surface area contributed by atoms with Crippen LogP contribution in [0, 0.1) is 6.92 Å². The van der Waals surface area contributed by atoms with Crippen LogP contribution < -0.4 is 10.0 Å². The van der Waals surface area contributed by atoms with Gasteiger partial charge in [0.2, 0.25) is 0 Å². The Hall–Kier alpha value is -3.03. The Labute approximate surface area is 158 Å². The monoisotopic (exact) mass is 376 g/mol. The molecule has 2 heterocycles. The minimum Gasteiger partial charge on any atom is -0.464 e. The fourth-order valence-corrected chi connectivity index (χ4v) is 2.77. The number of pyridine rings is 1. The summed E-state index contributed by atoms with van der Waals surface area (Å²) in [6.45, 7) is 5.38. The lowest BCUT2D eigenvalue weighted by molar-refractivity contribution is -0.893. The number of aryl methyl sites for hydroxylation is 2. The number of hydrogen-bond donors (Lipinski definition) is 2. The van der Waals surface area contributed by atoms with Crippen LogP contribution in [0.4, 0.5) is 5.82 Å². The second-order valence-corrected chi connectivity index (χ2v) is 6.37. The lowest BCUT2D eigenvalue weighted by atomic mass is 10.0. The summed E-state index contributed by atoms with van der Waals surface area (Å²) in [4.78, 5) is 22.9. The SMILES string of the molecule is CC[C@@H](COC(C)=O)Nc1cc(-c2cc(C(=O)OC)n(C)c2)c(C)c[n+]1O. The van der Waals surface area contributed by atoms with Crippen molar-refractivity contribution in [2.75, 3.05) is 19.0 Å². The highest BCUT2D eigenvalue weighted by molar-refractivity contribution is 5.90. The summed E-state index contributed by atoms with van der Waals surface area (Å²) in [6.07, 6.45) is 4.12. The number of hydrogen-bond acceptors (Lipinski definition) is 6. The van der Waals surface area contributed by atoms with Gasteiger partial charge in [-0.3, -0.25) is 10.1 Å². The Bertz CT molecular complexity index is 844. The predicted molar refractivity (Wildman–Crippen MR) is 98.6 cm³/mol. The molecule has 0 unspecified atom stereocenters. The smallest absolute Gasteiger partial charge is 0.354 e. The number of esters is 2. The maximum absolute atomic E-state index is 11.9. The fraction of sp³-hybridized carbons (Fsp3) is 0.421. The molecule has 0 aromatic carbocycles. The molecule has 0 spiro atoms. The standard InChI is InChI=1S/C19H25N3O5/c1-6-15(11-27-13(3)23)20-18-8-16(12(2)9-22(18)25)14-7-17(19(24)26-5)21(4)10-14/h7-10,15,25H,6,11H2,1-5H3/p+1/t15-/m0/s1. The van der Waals surface area contributed by atoms with Crippen molar-refractivity contribution in [3.8, 4) is 11.1 Å². The van der Waals surface area contributed by atoms with Gasteiger partial charge in [-0.25, -0.2) is 4.79 Å². The maximum Gasteiger partial charge on any atom is 0.354 e. The van der Waals surface area contributed by atoms with E-state index in [1.54, 1.807) is 29.9 Å². The van der Waals surface area contributed by atoms with Crippen molar-refractivity contribution < 1.29 is 29.0 Å². The van der Waals surface area contributed by atoms with Crippen LogP contribution in [0.25, 0.3) is 11.1 Å². The van der Waals surface area contributed by atoms with Crippen molar-refractivity contribution in [1.82, 2.24) is 4.57 Å². The third-order valence-electron chi connectivity index (χ3n) is 4.31. The second kappa shape index (κ2) is 8.57. The molecule has 0 fully saturated rings. The van der Waals surface area contributed by atoms with Crippen LogP contribution in [0.1, 0.15) is 36.3 Å². The number of nitrogens with zero attached hydrogens (tertiary/aromatic N) is 2. The molecule has 0 saturated heterocycles. The summed E-state index contributed by atoms with van der Waals surface area (Å²) in [7, 11) is 3.11. The van der Waals surface area contributed by atoms with E-state index in [-0.39, 0.29) is 18.6 Å². The summed E-state index contributed by atoms with van der Waals surface area (Å²) < 4.78 is 12.5. The van der Waals surface area contributed by atoms with Crippen LogP contribution >= 0.6 is 0 Å².